The normalized spacial score (nSPS) is 16.2. The molecule has 1 saturated heterocycles. The van der Waals surface area contributed by atoms with E-state index in [1.54, 1.807) is 6.20 Å². The first-order valence-corrected chi connectivity index (χ1v) is 19.2. The number of carboxylic acid groups (broad SMARTS) is 1. The maximum atomic E-state index is 14.8. The number of carbonyl (C=O) groups excluding carboxylic acids is 4. The fourth-order valence-electron chi connectivity index (χ4n) is 6.06. The van der Waals surface area contributed by atoms with Gasteiger partial charge in [-0.2, -0.15) is 5.10 Å². The zero-order chi connectivity index (χ0) is 40.3. The van der Waals surface area contributed by atoms with Crippen LogP contribution in [0.1, 0.15) is 82.2 Å². The lowest BCUT2D eigenvalue weighted by Crippen LogP contribution is -2.50. The Bertz CT molecular complexity index is 1820. The Morgan fingerprint density at radius 3 is 2.44 bits per heavy atom. The van der Waals surface area contributed by atoms with Crippen molar-refractivity contribution in [1.29, 1.82) is 0 Å². The van der Waals surface area contributed by atoms with Crippen molar-refractivity contribution >= 4 is 41.4 Å². The zero-order valence-electron chi connectivity index (χ0n) is 31.2. The maximum Gasteiger partial charge on any atom is 0.321 e. The number of carboxylic acids is 1. The fourth-order valence-corrected chi connectivity index (χ4v) is 7.17. The molecule has 3 aromatic rings. The number of hydrogen-bond acceptors (Lipinski definition) is 10. The van der Waals surface area contributed by atoms with Gasteiger partial charge >= 0.3 is 5.97 Å². The molecule has 1 fully saturated rings. The van der Waals surface area contributed by atoms with Crippen molar-refractivity contribution in [2.45, 2.75) is 89.1 Å². The van der Waals surface area contributed by atoms with E-state index in [2.05, 4.69) is 16.2 Å². The summed E-state index contributed by atoms with van der Waals surface area (Å²) in [7, 11) is 0. The average molecular weight is 785 g/mol. The largest absolute Gasteiger partial charge is 0.480 e. The number of thioether (sulfide) groups is 1. The molecule has 0 bridgehead atoms. The Balaban J connectivity index is 1.24. The fraction of sp³-hybridized carbons (Fsp3) is 0.474. The first-order chi connectivity index (χ1) is 26.0. The highest BCUT2D eigenvalue weighted by Crippen LogP contribution is 2.35. The molecule has 1 aliphatic heterocycles. The van der Waals surface area contributed by atoms with E-state index >= 15 is 0 Å². The molecule has 55 heavy (non-hydrogen) atoms. The maximum absolute atomic E-state index is 14.8. The first-order valence-electron chi connectivity index (χ1n) is 18.1. The minimum atomic E-state index is -1.17. The van der Waals surface area contributed by atoms with Crippen LogP contribution in [0.15, 0.2) is 54.7 Å². The van der Waals surface area contributed by atoms with Crippen molar-refractivity contribution in [3.63, 3.8) is 0 Å². The third-order valence-electron chi connectivity index (χ3n) is 9.10. The molecule has 4 amide bonds. The summed E-state index contributed by atoms with van der Waals surface area (Å²) in [5.41, 5.74) is 18.4. The number of aromatic nitrogens is 2. The number of nitrogens with two attached hydrogens (primary N) is 2. The molecule has 0 saturated carbocycles. The van der Waals surface area contributed by atoms with Gasteiger partial charge in [-0.3, -0.25) is 39.7 Å². The van der Waals surface area contributed by atoms with E-state index in [1.807, 2.05) is 51.1 Å². The summed E-state index contributed by atoms with van der Waals surface area (Å²) in [6, 6.07) is 10.5. The number of nitrogens with one attached hydrogen (secondary N) is 3. The van der Waals surface area contributed by atoms with Crippen LogP contribution < -0.4 is 27.6 Å². The molecule has 0 aliphatic carbocycles. The van der Waals surface area contributed by atoms with Gasteiger partial charge in [-0.05, 0) is 54.5 Å². The third kappa shape index (κ3) is 12.4. The number of unbranched alkanes of at least 4 members (excludes halogenated alkanes) is 2. The summed E-state index contributed by atoms with van der Waals surface area (Å²) in [6.07, 6.45) is 3.97. The Kier molecular flexibility index (Phi) is 15.4. The van der Waals surface area contributed by atoms with E-state index in [0.29, 0.717) is 37.9 Å². The summed E-state index contributed by atoms with van der Waals surface area (Å²) >= 11 is 1.06. The Hall–Kier alpha value is -4.71. The number of rotatable bonds is 19. The van der Waals surface area contributed by atoms with Crippen LogP contribution in [0.3, 0.4) is 0 Å². The van der Waals surface area contributed by atoms with Crippen LogP contribution in [-0.4, -0.2) is 85.6 Å². The highest BCUT2D eigenvalue weighted by Gasteiger charge is 2.39. The van der Waals surface area contributed by atoms with Gasteiger partial charge in [0.05, 0.1) is 23.0 Å². The molecule has 8 N–H and O–H groups in total. The van der Waals surface area contributed by atoms with E-state index in [-0.39, 0.29) is 55.1 Å². The van der Waals surface area contributed by atoms with Crippen molar-refractivity contribution < 1.29 is 37.9 Å². The number of aliphatic carboxylic acids is 1. The Labute approximate surface area is 323 Å². The summed E-state index contributed by atoms with van der Waals surface area (Å²) < 4.78 is 30.3. The van der Waals surface area contributed by atoms with Gasteiger partial charge in [0.2, 0.25) is 17.7 Å². The van der Waals surface area contributed by atoms with Crippen LogP contribution in [0.4, 0.5) is 8.78 Å². The second-order valence-electron chi connectivity index (χ2n) is 14.6. The SMILES string of the molecule is CC(C)(C)[C@@H](NCC[C@H](N)C(=O)NNC(=O)CCCCCN1C(=O)CC(SC[C@H](N)C(=O)O)C1=O)c1nn(-c2cc(F)ccc2F)cc1Cc1ccccc1. The summed E-state index contributed by atoms with van der Waals surface area (Å²) in [5.74, 6) is -4.07. The predicted molar refractivity (Wildman–Crippen MR) is 203 cm³/mol. The highest BCUT2D eigenvalue weighted by atomic mass is 32.2. The minimum Gasteiger partial charge on any atom is -0.480 e. The average Bonchev–Trinajstić information content (AvgIpc) is 3.66. The number of hydrazine groups is 1. The molecule has 4 rings (SSSR count). The lowest BCUT2D eigenvalue weighted by molar-refractivity contribution is -0.139. The molecule has 0 radical (unpaired) electrons. The standard InChI is InChI=1S/C38H50F2N8O6S/c1-38(2,3)34(33-24(18-23-10-6-4-7-11-23)21-48(46-33)29-19-25(39)13-14-26(29)40)43-16-15-27(41)35(51)45-44-31(49)12-8-5-9-17-47-32(50)20-30(36(47)52)55-22-28(42)37(53)54/h4,6-7,10-11,13-14,19,21,27-28,30,34,43H,5,8-9,12,15-18,20,22,41-42H2,1-3H3,(H,44,49)(H,45,51)(H,53,54)/t27-,28-,30?,34-/m0/s1. The summed E-state index contributed by atoms with van der Waals surface area (Å²) in [4.78, 5) is 62.1. The van der Waals surface area contributed by atoms with Gasteiger partial charge in [-0.1, -0.05) is 57.5 Å². The second-order valence-corrected chi connectivity index (χ2v) is 15.8. The third-order valence-corrected chi connectivity index (χ3v) is 10.4. The number of benzene rings is 2. The number of likely N-dealkylation sites (tertiary alicyclic amines) is 1. The number of nitrogens with zero attached hydrogens (tertiary/aromatic N) is 3. The van der Waals surface area contributed by atoms with Crippen LogP contribution in [0.5, 0.6) is 0 Å². The molecule has 1 unspecified atom stereocenters. The minimum absolute atomic E-state index is 0.00526. The van der Waals surface area contributed by atoms with E-state index in [0.717, 1.165) is 46.0 Å². The Morgan fingerprint density at radius 2 is 1.75 bits per heavy atom. The van der Waals surface area contributed by atoms with Crippen molar-refractivity contribution in [3.05, 3.63) is 83.2 Å². The number of amides is 4. The van der Waals surface area contributed by atoms with E-state index in [9.17, 15) is 32.8 Å². The Morgan fingerprint density at radius 1 is 1.02 bits per heavy atom. The van der Waals surface area contributed by atoms with Gasteiger partial charge in [-0.25, -0.2) is 13.5 Å². The molecular formula is C38H50F2N8O6S. The summed E-state index contributed by atoms with van der Waals surface area (Å²) in [5, 5.41) is 16.5. The lowest BCUT2D eigenvalue weighted by Gasteiger charge is -2.31. The molecule has 0 spiro atoms. The quantitative estimate of drug-likeness (QED) is 0.0590. The van der Waals surface area contributed by atoms with Gasteiger partial charge in [0.15, 0.2) is 0 Å². The molecule has 14 nitrogen and oxygen atoms in total. The van der Waals surface area contributed by atoms with Crippen LogP contribution in [0, 0.1) is 17.0 Å². The molecular weight excluding hydrogens is 735 g/mol. The van der Waals surface area contributed by atoms with Crippen LogP contribution in [0.25, 0.3) is 5.69 Å². The van der Waals surface area contributed by atoms with Gasteiger partial charge < -0.3 is 21.9 Å². The van der Waals surface area contributed by atoms with E-state index in [4.69, 9.17) is 21.7 Å². The molecule has 1 aliphatic rings. The zero-order valence-corrected chi connectivity index (χ0v) is 32.0. The predicted octanol–water partition coefficient (Wildman–Crippen LogP) is 3.12. The van der Waals surface area contributed by atoms with Gasteiger partial charge in [0.25, 0.3) is 5.91 Å². The van der Waals surface area contributed by atoms with Gasteiger partial charge in [-0.15, -0.1) is 11.8 Å². The second kappa shape index (κ2) is 19.7. The molecule has 1 aromatic heterocycles. The molecule has 298 valence electrons. The van der Waals surface area contributed by atoms with Crippen molar-refractivity contribution in [1.82, 2.24) is 30.8 Å². The number of imide groups is 1. The van der Waals surface area contributed by atoms with Crippen LogP contribution >= 0.6 is 11.8 Å². The molecule has 2 aromatic carbocycles. The van der Waals surface area contributed by atoms with Gasteiger partial charge in [0, 0.05) is 43.8 Å². The first kappa shape index (κ1) is 43.0. The molecule has 17 heteroatoms. The van der Waals surface area contributed by atoms with E-state index < -0.39 is 52.2 Å². The lowest BCUT2D eigenvalue weighted by atomic mass is 9.83. The van der Waals surface area contributed by atoms with Gasteiger partial charge in [0.1, 0.15) is 23.4 Å². The van der Waals surface area contributed by atoms with Crippen LogP contribution in [0.2, 0.25) is 0 Å². The van der Waals surface area contributed by atoms with Crippen molar-refractivity contribution in [2.24, 2.45) is 16.9 Å². The topological polar surface area (TPSA) is 215 Å². The summed E-state index contributed by atoms with van der Waals surface area (Å²) in [6.45, 7) is 6.55. The van der Waals surface area contributed by atoms with Crippen molar-refractivity contribution in [2.75, 3.05) is 18.8 Å². The van der Waals surface area contributed by atoms with Crippen LogP contribution in [-0.2, 0) is 30.4 Å². The number of carbonyl (C=O) groups is 5. The molecule has 2 heterocycles. The van der Waals surface area contributed by atoms with E-state index in [1.165, 1.54) is 4.68 Å². The monoisotopic (exact) mass is 784 g/mol. The molecule has 4 atom stereocenters. The smallest absolute Gasteiger partial charge is 0.321 e. The number of halogens is 2. The van der Waals surface area contributed by atoms with Crippen molar-refractivity contribution in [3.8, 4) is 5.69 Å². The highest BCUT2D eigenvalue weighted by molar-refractivity contribution is 8.00. The number of hydrogen-bond donors (Lipinski definition) is 6.